The van der Waals surface area contributed by atoms with Gasteiger partial charge in [-0.2, -0.15) is 11.8 Å². The summed E-state index contributed by atoms with van der Waals surface area (Å²) in [5.41, 5.74) is 0. The molecule has 0 amide bonds. The van der Waals surface area contributed by atoms with E-state index in [2.05, 4.69) is 0 Å². The minimum Gasteiger partial charge on any atom is -0.468 e. The Kier molecular flexibility index (Phi) is 4.07. The van der Waals surface area contributed by atoms with Crippen LogP contribution in [0.15, 0.2) is 16.5 Å². The van der Waals surface area contributed by atoms with Gasteiger partial charge in [-0.05, 0) is 25.3 Å². The second kappa shape index (κ2) is 5.10. The first-order valence-corrected chi connectivity index (χ1v) is 5.71. The number of furan rings is 1. The van der Waals surface area contributed by atoms with E-state index in [4.69, 9.17) is 9.15 Å². The molecule has 0 spiro atoms. The molecule has 0 radical (unpaired) electrons. The summed E-state index contributed by atoms with van der Waals surface area (Å²) in [4.78, 5) is 11.4. The molecule has 0 bridgehead atoms. The number of aryl methyl sites for hydroxylation is 1. The maximum Gasteiger partial charge on any atom is 0.317 e. The van der Waals surface area contributed by atoms with Crippen LogP contribution in [-0.2, 0) is 9.53 Å². The molecule has 0 saturated heterocycles. The smallest absolute Gasteiger partial charge is 0.317 e. The molecule has 3 nitrogen and oxygen atoms in total. The molecule has 0 aromatic carbocycles. The highest BCUT2D eigenvalue weighted by Gasteiger charge is 2.23. The van der Waals surface area contributed by atoms with Gasteiger partial charge in [0.2, 0.25) is 0 Å². The van der Waals surface area contributed by atoms with Crippen molar-refractivity contribution < 1.29 is 13.9 Å². The number of methoxy groups -OCH3 is 1. The van der Waals surface area contributed by atoms with E-state index in [1.165, 1.54) is 7.11 Å². The first kappa shape index (κ1) is 11.2. The van der Waals surface area contributed by atoms with Crippen LogP contribution in [0.1, 0.15) is 17.4 Å². The third-order valence-electron chi connectivity index (χ3n) is 1.92. The Morgan fingerprint density at radius 2 is 2.36 bits per heavy atom. The van der Waals surface area contributed by atoms with Crippen LogP contribution in [0.3, 0.4) is 0 Å². The molecular formula is C10H14O3S. The van der Waals surface area contributed by atoms with Crippen molar-refractivity contribution in [3.8, 4) is 0 Å². The molecular weight excluding hydrogens is 200 g/mol. The molecule has 1 aromatic heterocycles. The monoisotopic (exact) mass is 214 g/mol. The van der Waals surface area contributed by atoms with Crippen LogP contribution in [0.2, 0.25) is 0 Å². The second-order valence-corrected chi connectivity index (χ2v) is 3.89. The minimum atomic E-state index is -0.288. The highest BCUT2D eigenvalue weighted by molar-refractivity contribution is 7.98. The van der Waals surface area contributed by atoms with Gasteiger partial charge in [-0.1, -0.05) is 0 Å². The van der Waals surface area contributed by atoms with E-state index in [0.29, 0.717) is 11.5 Å². The van der Waals surface area contributed by atoms with Crippen molar-refractivity contribution in [3.05, 3.63) is 23.7 Å². The fraction of sp³-hybridized carbons (Fsp3) is 0.500. The fourth-order valence-electron chi connectivity index (χ4n) is 1.22. The van der Waals surface area contributed by atoms with Crippen LogP contribution in [0.4, 0.5) is 0 Å². The number of carbonyl (C=O) groups is 1. The summed E-state index contributed by atoms with van der Waals surface area (Å²) in [7, 11) is 1.39. The van der Waals surface area contributed by atoms with E-state index in [1.807, 2.05) is 25.3 Å². The quantitative estimate of drug-likeness (QED) is 0.720. The summed E-state index contributed by atoms with van der Waals surface area (Å²) >= 11 is 1.60. The van der Waals surface area contributed by atoms with E-state index >= 15 is 0 Å². The summed E-state index contributed by atoms with van der Waals surface area (Å²) < 4.78 is 10.1. The normalized spacial score (nSPS) is 12.5. The Morgan fingerprint density at radius 1 is 1.64 bits per heavy atom. The minimum absolute atomic E-state index is 0.242. The van der Waals surface area contributed by atoms with Gasteiger partial charge >= 0.3 is 5.97 Å². The van der Waals surface area contributed by atoms with Crippen LogP contribution in [0.25, 0.3) is 0 Å². The molecule has 4 heteroatoms. The maximum absolute atomic E-state index is 11.4. The van der Waals surface area contributed by atoms with E-state index in [0.717, 1.165) is 5.76 Å². The largest absolute Gasteiger partial charge is 0.468 e. The van der Waals surface area contributed by atoms with Gasteiger partial charge in [0.25, 0.3) is 0 Å². The molecule has 0 aliphatic heterocycles. The van der Waals surface area contributed by atoms with E-state index in [9.17, 15) is 4.79 Å². The first-order chi connectivity index (χ1) is 6.69. The molecule has 1 unspecified atom stereocenters. The maximum atomic E-state index is 11.4. The van der Waals surface area contributed by atoms with Crippen LogP contribution in [0, 0.1) is 6.92 Å². The van der Waals surface area contributed by atoms with E-state index in [1.54, 1.807) is 11.8 Å². The molecule has 78 valence electrons. The van der Waals surface area contributed by atoms with Crippen LogP contribution in [-0.4, -0.2) is 25.1 Å². The van der Waals surface area contributed by atoms with E-state index < -0.39 is 0 Å². The SMILES string of the molecule is COC(=O)C(CSC)c1ccc(C)o1. The van der Waals surface area contributed by atoms with Gasteiger partial charge in [0.1, 0.15) is 17.4 Å². The van der Waals surface area contributed by atoms with Crippen molar-refractivity contribution in [1.82, 2.24) is 0 Å². The lowest BCUT2D eigenvalue weighted by Crippen LogP contribution is -2.15. The van der Waals surface area contributed by atoms with Gasteiger partial charge in [0, 0.05) is 5.75 Å². The molecule has 1 heterocycles. The summed E-state index contributed by atoms with van der Waals surface area (Å²) in [5.74, 6) is 1.65. The van der Waals surface area contributed by atoms with Crippen molar-refractivity contribution in [2.24, 2.45) is 0 Å². The molecule has 0 aliphatic rings. The van der Waals surface area contributed by atoms with Crippen LogP contribution < -0.4 is 0 Å². The number of ether oxygens (including phenoxy) is 1. The molecule has 0 aliphatic carbocycles. The number of rotatable bonds is 4. The Balaban J connectivity index is 2.82. The number of thioether (sulfide) groups is 1. The van der Waals surface area contributed by atoms with E-state index in [-0.39, 0.29) is 11.9 Å². The third-order valence-corrected chi connectivity index (χ3v) is 2.59. The Hall–Kier alpha value is -0.900. The first-order valence-electron chi connectivity index (χ1n) is 4.32. The van der Waals surface area contributed by atoms with Crippen molar-refractivity contribution in [3.63, 3.8) is 0 Å². The Labute approximate surface area is 87.8 Å². The van der Waals surface area contributed by atoms with Crippen molar-refractivity contribution in [2.75, 3.05) is 19.1 Å². The molecule has 1 rings (SSSR count). The van der Waals surface area contributed by atoms with Gasteiger partial charge in [0.15, 0.2) is 0 Å². The van der Waals surface area contributed by atoms with Gasteiger partial charge in [-0.3, -0.25) is 4.79 Å². The Morgan fingerprint density at radius 3 is 2.79 bits per heavy atom. The third kappa shape index (κ3) is 2.54. The van der Waals surface area contributed by atoms with Crippen molar-refractivity contribution >= 4 is 17.7 Å². The topological polar surface area (TPSA) is 39.4 Å². The van der Waals surface area contributed by atoms with Crippen molar-refractivity contribution in [2.45, 2.75) is 12.8 Å². The molecule has 0 saturated carbocycles. The lowest BCUT2D eigenvalue weighted by Gasteiger charge is -2.10. The van der Waals surface area contributed by atoms with Gasteiger partial charge in [-0.15, -0.1) is 0 Å². The lowest BCUT2D eigenvalue weighted by molar-refractivity contribution is -0.142. The number of carbonyl (C=O) groups excluding carboxylic acids is 1. The number of hydrogen-bond donors (Lipinski definition) is 0. The molecule has 0 N–H and O–H groups in total. The van der Waals surface area contributed by atoms with Crippen LogP contribution >= 0.6 is 11.8 Å². The Bertz CT molecular complexity index is 306. The molecule has 14 heavy (non-hydrogen) atoms. The van der Waals surface area contributed by atoms with Crippen molar-refractivity contribution in [1.29, 1.82) is 0 Å². The summed E-state index contributed by atoms with van der Waals surface area (Å²) in [6, 6.07) is 3.68. The molecule has 1 aromatic rings. The average Bonchev–Trinajstić information content (AvgIpc) is 2.60. The van der Waals surface area contributed by atoms with Gasteiger partial charge in [0.05, 0.1) is 7.11 Å². The molecule has 0 fully saturated rings. The van der Waals surface area contributed by atoms with Crippen LogP contribution in [0.5, 0.6) is 0 Å². The summed E-state index contributed by atoms with van der Waals surface area (Å²) in [5, 5.41) is 0. The number of hydrogen-bond acceptors (Lipinski definition) is 4. The second-order valence-electron chi connectivity index (χ2n) is 2.98. The summed E-state index contributed by atoms with van der Waals surface area (Å²) in [6.45, 7) is 1.86. The van der Waals surface area contributed by atoms with Gasteiger partial charge < -0.3 is 9.15 Å². The zero-order chi connectivity index (χ0) is 10.6. The zero-order valence-corrected chi connectivity index (χ0v) is 9.39. The predicted molar refractivity (Wildman–Crippen MR) is 56.6 cm³/mol. The predicted octanol–water partition coefficient (Wildman–Crippen LogP) is 2.21. The standard InChI is InChI=1S/C10H14O3S/c1-7-4-5-9(13-7)8(6-14-3)10(11)12-2/h4-5,8H,6H2,1-3H3. The molecule has 1 atom stereocenters. The summed E-state index contributed by atoms with van der Waals surface area (Å²) in [6.07, 6.45) is 1.95. The number of esters is 1. The average molecular weight is 214 g/mol. The fourth-order valence-corrected chi connectivity index (χ4v) is 1.85. The highest BCUT2D eigenvalue weighted by atomic mass is 32.2. The van der Waals surface area contributed by atoms with Gasteiger partial charge in [-0.25, -0.2) is 0 Å². The lowest BCUT2D eigenvalue weighted by atomic mass is 10.1. The highest BCUT2D eigenvalue weighted by Crippen LogP contribution is 2.23. The zero-order valence-electron chi connectivity index (χ0n) is 8.57.